The van der Waals surface area contributed by atoms with Crippen molar-refractivity contribution in [3.63, 3.8) is 0 Å². The van der Waals surface area contributed by atoms with Crippen molar-refractivity contribution in [3.05, 3.63) is 16.1 Å². The molecule has 0 spiro atoms. The second-order valence-electron chi connectivity index (χ2n) is 4.46. The molecule has 2 rings (SSSR count). The van der Waals surface area contributed by atoms with Gasteiger partial charge in [0.05, 0.1) is 6.54 Å². The lowest BCUT2D eigenvalue weighted by Gasteiger charge is -2.34. The second-order valence-corrected chi connectivity index (χ2v) is 5.40. The fraction of sp³-hybridized carbons (Fsp3) is 0.667. The zero-order valence-electron chi connectivity index (χ0n) is 10.1. The first-order valence-corrected chi connectivity index (χ1v) is 7.00. The molecule has 1 aromatic rings. The highest BCUT2D eigenvalue weighted by atomic mass is 32.1. The van der Waals surface area contributed by atoms with E-state index in [4.69, 9.17) is 5.11 Å². The van der Waals surface area contributed by atoms with Crippen LogP contribution < -0.4 is 0 Å². The molecular formula is C12H18N2O2S. The summed E-state index contributed by atoms with van der Waals surface area (Å²) < 4.78 is 0. The summed E-state index contributed by atoms with van der Waals surface area (Å²) in [6.07, 6.45) is 4.98. The Bertz CT molecular complexity index is 392. The number of likely N-dealkylation sites (tertiary alicyclic amines) is 1. The molecule has 0 bridgehead atoms. The molecule has 1 aliphatic rings. The van der Waals surface area contributed by atoms with Crippen molar-refractivity contribution < 1.29 is 9.90 Å². The largest absolute Gasteiger partial charge is 0.476 e. The van der Waals surface area contributed by atoms with Crippen LogP contribution in [0.4, 0.5) is 0 Å². The third-order valence-electron chi connectivity index (χ3n) is 3.33. The van der Waals surface area contributed by atoms with Crippen LogP contribution in [-0.4, -0.2) is 33.5 Å². The number of carbonyl (C=O) groups is 1. The lowest BCUT2D eigenvalue weighted by atomic mass is 10.0. The van der Waals surface area contributed by atoms with Crippen LogP contribution in [-0.2, 0) is 6.54 Å². The van der Waals surface area contributed by atoms with Crippen LogP contribution in [0.1, 0.15) is 48.1 Å². The molecule has 94 valence electrons. The van der Waals surface area contributed by atoms with Crippen LogP contribution in [0.2, 0.25) is 0 Å². The Labute approximate surface area is 105 Å². The highest BCUT2D eigenvalue weighted by molar-refractivity contribution is 7.09. The number of nitrogens with zero attached hydrogens (tertiary/aromatic N) is 2. The first-order valence-electron chi connectivity index (χ1n) is 6.12. The highest BCUT2D eigenvalue weighted by Crippen LogP contribution is 2.22. The lowest BCUT2D eigenvalue weighted by molar-refractivity contribution is 0.0690. The molecule has 1 unspecified atom stereocenters. The van der Waals surface area contributed by atoms with Crippen molar-refractivity contribution in [3.8, 4) is 0 Å². The molecule has 1 aliphatic heterocycles. The van der Waals surface area contributed by atoms with Gasteiger partial charge < -0.3 is 5.11 Å². The zero-order chi connectivity index (χ0) is 12.3. The van der Waals surface area contributed by atoms with E-state index in [0.29, 0.717) is 6.04 Å². The normalized spacial score (nSPS) is 21.6. The first-order chi connectivity index (χ1) is 8.20. The van der Waals surface area contributed by atoms with Gasteiger partial charge in [-0.1, -0.05) is 13.3 Å². The summed E-state index contributed by atoms with van der Waals surface area (Å²) in [5.74, 6) is -0.932. The summed E-state index contributed by atoms with van der Waals surface area (Å²) in [6, 6.07) is 0.640. The Hall–Kier alpha value is -0.940. The Morgan fingerprint density at radius 3 is 3.12 bits per heavy atom. The van der Waals surface area contributed by atoms with E-state index in [1.165, 1.54) is 30.6 Å². The molecule has 0 amide bonds. The van der Waals surface area contributed by atoms with Crippen LogP contribution in [0, 0.1) is 0 Å². The van der Waals surface area contributed by atoms with Crippen molar-refractivity contribution in [2.75, 3.05) is 6.54 Å². The molecule has 17 heavy (non-hydrogen) atoms. The fourth-order valence-electron chi connectivity index (χ4n) is 2.39. The molecule has 4 nitrogen and oxygen atoms in total. The van der Waals surface area contributed by atoms with Gasteiger partial charge in [-0.3, -0.25) is 4.90 Å². The van der Waals surface area contributed by atoms with Crippen LogP contribution >= 0.6 is 11.3 Å². The first kappa shape index (κ1) is 12.5. The quantitative estimate of drug-likeness (QED) is 0.897. The molecule has 1 N–H and O–H groups in total. The number of hydrogen-bond donors (Lipinski definition) is 1. The van der Waals surface area contributed by atoms with Gasteiger partial charge >= 0.3 is 5.97 Å². The van der Waals surface area contributed by atoms with Gasteiger partial charge in [-0.25, -0.2) is 9.78 Å². The fourth-order valence-corrected chi connectivity index (χ4v) is 3.18. The number of rotatable bonds is 4. The number of carboxylic acid groups (broad SMARTS) is 1. The lowest BCUT2D eigenvalue weighted by Crippen LogP contribution is -2.38. The minimum absolute atomic E-state index is 0.176. The zero-order valence-corrected chi connectivity index (χ0v) is 10.9. The molecule has 0 radical (unpaired) electrons. The molecule has 1 aromatic heterocycles. The maximum atomic E-state index is 10.8. The molecule has 1 saturated heterocycles. The SMILES string of the molecule is CCC1CCCCN1Cc1nc(C(=O)O)cs1. The molecule has 1 atom stereocenters. The van der Waals surface area contributed by atoms with Crippen LogP contribution in [0.3, 0.4) is 0 Å². The summed E-state index contributed by atoms with van der Waals surface area (Å²) >= 11 is 1.45. The van der Waals surface area contributed by atoms with Gasteiger partial charge in [-0.15, -0.1) is 11.3 Å². The summed E-state index contributed by atoms with van der Waals surface area (Å²) in [4.78, 5) is 17.3. The van der Waals surface area contributed by atoms with E-state index in [2.05, 4.69) is 16.8 Å². The third kappa shape index (κ3) is 3.04. The van der Waals surface area contributed by atoms with E-state index in [9.17, 15) is 4.79 Å². The third-order valence-corrected chi connectivity index (χ3v) is 4.16. The molecule has 0 aromatic carbocycles. The number of carboxylic acids is 1. The summed E-state index contributed by atoms with van der Waals surface area (Å²) in [5, 5.41) is 11.4. The van der Waals surface area contributed by atoms with Crippen LogP contribution in [0.15, 0.2) is 5.38 Å². The molecular weight excluding hydrogens is 236 g/mol. The van der Waals surface area contributed by atoms with Gasteiger partial charge in [0.15, 0.2) is 5.69 Å². The average Bonchev–Trinajstić information content (AvgIpc) is 2.78. The topological polar surface area (TPSA) is 53.4 Å². The monoisotopic (exact) mass is 254 g/mol. The average molecular weight is 254 g/mol. The van der Waals surface area contributed by atoms with E-state index in [-0.39, 0.29) is 5.69 Å². The summed E-state index contributed by atoms with van der Waals surface area (Å²) in [5.41, 5.74) is 0.176. The second kappa shape index (κ2) is 5.60. The molecule has 1 fully saturated rings. The predicted octanol–water partition coefficient (Wildman–Crippen LogP) is 2.61. The van der Waals surface area contributed by atoms with Crippen molar-refractivity contribution in [1.29, 1.82) is 0 Å². The van der Waals surface area contributed by atoms with E-state index in [1.54, 1.807) is 5.38 Å². The standard InChI is InChI=1S/C12H18N2O2S/c1-2-9-5-3-4-6-14(9)7-11-13-10(8-17-11)12(15)16/h8-9H,2-7H2,1H3,(H,15,16). The smallest absolute Gasteiger partial charge is 0.355 e. The Kier molecular flexibility index (Phi) is 4.12. The molecule has 0 saturated carbocycles. The van der Waals surface area contributed by atoms with E-state index in [0.717, 1.165) is 24.5 Å². The predicted molar refractivity (Wildman–Crippen MR) is 67.4 cm³/mol. The minimum Gasteiger partial charge on any atom is -0.476 e. The molecule has 0 aliphatic carbocycles. The van der Waals surface area contributed by atoms with Crippen LogP contribution in [0.5, 0.6) is 0 Å². The molecule has 5 heteroatoms. The Balaban J connectivity index is 2.00. The van der Waals surface area contributed by atoms with Crippen molar-refractivity contribution in [1.82, 2.24) is 9.88 Å². The van der Waals surface area contributed by atoms with Crippen LogP contribution in [0.25, 0.3) is 0 Å². The number of piperidine rings is 1. The van der Waals surface area contributed by atoms with Gasteiger partial charge in [-0.2, -0.15) is 0 Å². The van der Waals surface area contributed by atoms with E-state index >= 15 is 0 Å². The number of hydrogen-bond acceptors (Lipinski definition) is 4. The summed E-state index contributed by atoms with van der Waals surface area (Å²) in [7, 11) is 0. The van der Waals surface area contributed by atoms with E-state index in [1.807, 2.05) is 0 Å². The van der Waals surface area contributed by atoms with Crippen molar-refractivity contribution in [2.45, 2.75) is 45.2 Å². The highest BCUT2D eigenvalue weighted by Gasteiger charge is 2.22. The van der Waals surface area contributed by atoms with Gasteiger partial charge in [0.25, 0.3) is 0 Å². The van der Waals surface area contributed by atoms with Gasteiger partial charge in [-0.05, 0) is 25.8 Å². The minimum atomic E-state index is -0.932. The Morgan fingerprint density at radius 1 is 1.65 bits per heavy atom. The maximum absolute atomic E-state index is 10.8. The van der Waals surface area contributed by atoms with Crippen molar-refractivity contribution in [2.24, 2.45) is 0 Å². The Morgan fingerprint density at radius 2 is 2.47 bits per heavy atom. The maximum Gasteiger partial charge on any atom is 0.355 e. The van der Waals surface area contributed by atoms with E-state index < -0.39 is 5.97 Å². The molecule has 2 heterocycles. The van der Waals surface area contributed by atoms with Gasteiger partial charge in [0, 0.05) is 11.4 Å². The van der Waals surface area contributed by atoms with Gasteiger partial charge in [0.2, 0.25) is 0 Å². The number of aromatic nitrogens is 1. The number of thiazole rings is 1. The van der Waals surface area contributed by atoms with Crippen molar-refractivity contribution >= 4 is 17.3 Å². The van der Waals surface area contributed by atoms with Gasteiger partial charge in [0.1, 0.15) is 5.01 Å². The summed E-state index contributed by atoms with van der Waals surface area (Å²) in [6.45, 7) is 4.13. The number of aromatic carboxylic acids is 1.